The molecule has 0 aromatic carbocycles. The van der Waals surface area contributed by atoms with E-state index in [0.29, 0.717) is 18.1 Å². The third kappa shape index (κ3) is 2.17. The minimum Gasteiger partial charge on any atom is -0.375 e. The van der Waals surface area contributed by atoms with Gasteiger partial charge in [0.25, 0.3) is 0 Å². The summed E-state index contributed by atoms with van der Waals surface area (Å²) >= 11 is 5.11. The Bertz CT molecular complexity index is 222. The minimum atomic E-state index is 0.497. The summed E-state index contributed by atoms with van der Waals surface area (Å²) in [6.45, 7) is 3.90. The molecule has 0 aliphatic carbocycles. The van der Waals surface area contributed by atoms with Crippen molar-refractivity contribution in [1.82, 2.24) is 10.6 Å². The average Bonchev–Trinajstić information content (AvgIpc) is 2.76. The molecule has 0 radical (unpaired) electrons. The van der Waals surface area contributed by atoms with Crippen molar-refractivity contribution < 1.29 is 4.74 Å². The lowest BCUT2D eigenvalue weighted by Gasteiger charge is -2.19. The van der Waals surface area contributed by atoms with Crippen LogP contribution in [0.3, 0.4) is 0 Å². The maximum Gasteiger partial charge on any atom is 0.166 e. The molecule has 2 rings (SSSR count). The fourth-order valence-electron chi connectivity index (χ4n) is 2.40. The van der Waals surface area contributed by atoms with Gasteiger partial charge in [-0.1, -0.05) is 0 Å². The summed E-state index contributed by atoms with van der Waals surface area (Å²) in [6.07, 6.45) is 4.76. The number of hydrogen-bond donors (Lipinski definition) is 2. The molecular formula is C10H18N2OS. The number of hydrogen-bond acceptors (Lipinski definition) is 2. The van der Waals surface area contributed by atoms with E-state index in [4.69, 9.17) is 17.0 Å². The Kier molecular flexibility index (Phi) is 3.23. The van der Waals surface area contributed by atoms with Crippen molar-refractivity contribution in [2.24, 2.45) is 5.92 Å². The second-order valence-electron chi connectivity index (χ2n) is 4.11. The van der Waals surface area contributed by atoms with Crippen molar-refractivity contribution in [2.45, 2.75) is 38.4 Å². The van der Waals surface area contributed by atoms with Gasteiger partial charge in [-0.15, -0.1) is 0 Å². The van der Waals surface area contributed by atoms with E-state index < -0.39 is 0 Å². The number of rotatable bonds is 3. The Morgan fingerprint density at radius 2 is 2.29 bits per heavy atom. The molecular weight excluding hydrogens is 196 g/mol. The summed E-state index contributed by atoms with van der Waals surface area (Å²) in [5.41, 5.74) is 0. The van der Waals surface area contributed by atoms with E-state index in [1.165, 1.54) is 19.3 Å². The van der Waals surface area contributed by atoms with Gasteiger partial charge in [0.15, 0.2) is 5.11 Å². The molecule has 2 N–H and O–H groups in total. The lowest BCUT2D eigenvalue weighted by atomic mass is 9.89. The highest BCUT2D eigenvalue weighted by Crippen LogP contribution is 2.38. The predicted molar refractivity (Wildman–Crippen MR) is 60.3 cm³/mol. The van der Waals surface area contributed by atoms with Gasteiger partial charge in [0, 0.05) is 19.0 Å². The molecule has 0 spiro atoms. The van der Waals surface area contributed by atoms with Gasteiger partial charge in [0.05, 0.1) is 12.2 Å². The first-order valence-electron chi connectivity index (χ1n) is 5.46. The molecule has 2 aliphatic heterocycles. The SMILES string of the molecule is CCNC(=S)NCC1CC2CCC1O2. The predicted octanol–water partition coefficient (Wildman–Crippen LogP) is 1.04. The van der Waals surface area contributed by atoms with Gasteiger partial charge in [-0.2, -0.15) is 0 Å². The van der Waals surface area contributed by atoms with Crippen molar-refractivity contribution in [1.29, 1.82) is 0 Å². The molecule has 0 aromatic heterocycles. The van der Waals surface area contributed by atoms with Crippen molar-refractivity contribution in [2.75, 3.05) is 13.1 Å². The maximum absolute atomic E-state index is 5.77. The van der Waals surface area contributed by atoms with Gasteiger partial charge in [0.1, 0.15) is 0 Å². The fourth-order valence-corrected chi connectivity index (χ4v) is 2.63. The summed E-state index contributed by atoms with van der Waals surface area (Å²) in [6, 6.07) is 0. The minimum absolute atomic E-state index is 0.497. The molecule has 3 unspecified atom stereocenters. The van der Waals surface area contributed by atoms with Gasteiger partial charge in [0.2, 0.25) is 0 Å². The number of thiocarbonyl (C=S) groups is 1. The number of ether oxygens (including phenoxy) is 1. The molecule has 2 aliphatic rings. The first-order valence-corrected chi connectivity index (χ1v) is 5.87. The smallest absolute Gasteiger partial charge is 0.166 e. The van der Waals surface area contributed by atoms with Crippen LogP contribution in [0.15, 0.2) is 0 Å². The second kappa shape index (κ2) is 4.45. The summed E-state index contributed by atoms with van der Waals surface area (Å²) in [7, 11) is 0. The van der Waals surface area contributed by atoms with Gasteiger partial charge in [-0.3, -0.25) is 0 Å². The zero-order valence-corrected chi connectivity index (χ0v) is 9.40. The Morgan fingerprint density at radius 3 is 2.86 bits per heavy atom. The monoisotopic (exact) mass is 214 g/mol. The normalized spacial score (nSPS) is 34.5. The van der Waals surface area contributed by atoms with Crippen molar-refractivity contribution in [3.05, 3.63) is 0 Å². The maximum atomic E-state index is 5.77. The van der Waals surface area contributed by atoms with Crippen LogP contribution < -0.4 is 10.6 Å². The second-order valence-corrected chi connectivity index (χ2v) is 4.52. The Labute approximate surface area is 90.6 Å². The van der Waals surface area contributed by atoms with Gasteiger partial charge in [-0.25, -0.2) is 0 Å². The van der Waals surface area contributed by atoms with E-state index in [-0.39, 0.29) is 0 Å². The van der Waals surface area contributed by atoms with Crippen LogP contribution in [0.25, 0.3) is 0 Å². The summed E-state index contributed by atoms with van der Waals surface area (Å²) in [4.78, 5) is 0. The first-order chi connectivity index (χ1) is 6.79. The Hall–Kier alpha value is -0.350. The third-order valence-electron chi connectivity index (χ3n) is 3.09. The van der Waals surface area contributed by atoms with E-state index in [0.717, 1.165) is 18.2 Å². The van der Waals surface area contributed by atoms with Crippen LogP contribution in [0.4, 0.5) is 0 Å². The quantitative estimate of drug-likeness (QED) is 0.688. The summed E-state index contributed by atoms with van der Waals surface area (Å²) in [5, 5.41) is 7.12. The molecule has 0 aromatic rings. The lowest BCUT2D eigenvalue weighted by molar-refractivity contribution is 0.0931. The fraction of sp³-hybridized carbons (Fsp3) is 0.900. The molecule has 0 amide bonds. The van der Waals surface area contributed by atoms with Gasteiger partial charge in [-0.05, 0) is 38.4 Å². The summed E-state index contributed by atoms with van der Waals surface area (Å²) in [5.74, 6) is 0.672. The van der Waals surface area contributed by atoms with Crippen molar-refractivity contribution in [3.8, 4) is 0 Å². The highest BCUT2D eigenvalue weighted by atomic mass is 32.1. The third-order valence-corrected chi connectivity index (χ3v) is 3.38. The highest BCUT2D eigenvalue weighted by Gasteiger charge is 2.40. The van der Waals surface area contributed by atoms with Crippen LogP contribution >= 0.6 is 12.2 Å². The van der Waals surface area contributed by atoms with Crippen LogP contribution in [-0.4, -0.2) is 30.4 Å². The highest BCUT2D eigenvalue weighted by molar-refractivity contribution is 7.80. The van der Waals surface area contributed by atoms with Crippen LogP contribution in [0.5, 0.6) is 0 Å². The number of fused-ring (bicyclic) bond motifs is 2. The molecule has 4 heteroatoms. The van der Waals surface area contributed by atoms with Crippen molar-refractivity contribution >= 4 is 17.3 Å². The number of nitrogens with one attached hydrogen (secondary N) is 2. The zero-order valence-electron chi connectivity index (χ0n) is 8.58. The first kappa shape index (κ1) is 10.2. The van der Waals surface area contributed by atoms with Gasteiger partial charge < -0.3 is 15.4 Å². The molecule has 80 valence electrons. The molecule has 3 nitrogen and oxygen atoms in total. The molecule has 2 bridgehead atoms. The van der Waals surface area contributed by atoms with Crippen molar-refractivity contribution in [3.63, 3.8) is 0 Å². The van der Waals surface area contributed by atoms with Crippen LogP contribution in [0, 0.1) is 5.92 Å². The topological polar surface area (TPSA) is 33.3 Å². The standard InChI is InChI=1S/C10H18N2OS/c1-2-11-10(14)12-6-7-5-8-3-4-9(7)13-8/h7-9H,2-6H2,1H3,(H2,11,12,14). The molecule has 3 atom stereocenters. The van der Waals surface area contributed by atoms with E-state index in [1.807, 2.05) is 0 Å². The molecule has 2 saturated heterocycles. The molecule has 2 heterocycles. The molecule has 0 saturated carbocycles. The van der Waals surface area contributed by atoms with Gasteiger partial charge >= 0.3 is 0 Å². The molecule has 2 fully saturated rings. The van der Waals surface area contributed by atoms with E-state index in [9.17, 15) is 0 Å². The van der Waals surface area contributed by atoms with E-state index >= 15 is 0 Å². The van der Waals surface area contributed by atoms with E-state index in [2.05, 4.69) is 17.6 Å². The van der Waals surface area contributed by atoms with E-state index in [1.54, 1.807) is 0 Å². The Morgan fingerprint density at radius 1 is 1.43 bits per heavy atom. The Balaban J connectivity index is 1.69. The largest absolute Gasteiger partial charge is 0.375 e. The van der Waals surface area contributed by atoms with Crippen LogP contribution in [0.1, 0.15) is 26.2 Å². The lowest BCUT2D eigenvalue weighted by Crippen LogP contribution is -2.39. The summed E-state index contributed by atoms with van der Waals surface area (Å²) < 4.78 is 5.77. The average molecular weight is 214 g/mol. The molecule has 14 heavy (non-hydrogen) atoms. The van der Waals surface area contributed by atoms with Crippen LogP contribution in [0.2, 0.25) is 0 Å². The zero-order chi connectivity index (χ0) is 9.97. The van der Waals surface area contributed by atoms with Crippen LogP contribution in [-0.2, 0) is 4.74 Å².